The molecule has 1 fully saturated rings. The average Bonchev–Trinajstić information content (AvgIpc) is 2.70. The summed E-state index contributed by atoms with van der Waals surface area (Å²) in [5, 5.41) is 6.09. The molecule has 2 amide bonds. The highest BCUT2D eigenvalue weighted by Gasteiger charge is 2.30. The summed E-state index contributed by atoms with van der Waals surface area (Å²) in [6, 6.07) is 8.32. The second-order valence-corrected chi connectivity index (χ2v) is 5.03. The van der Waals surface area contributed by atoms with Gasteiger partial charge in [-0.1, -0.05) is 32.0 Å². The molecule has 18 heavy (non-hydrogen) atoms. The van der Waals surface area contributed by atoms with Crippen LogP contribution in [0.3, 0.4) is 0 Å². The number of benzene rings is 1. The topological polar surface area (TPSA) is 44.4 Å². The number of amides is 2. The number of carbonyl (C=O) groups is 1. The van der Waals surface area contributed by atoms with Crippen molar-refractivity contribution in [2.24, 2.45) is 0 Å². The van der Waals surface area contributed by atoms with Gasteiger partial charge in [-0.3, -0.25) is 4.90 Å². The molecule has 1 heterocycles. The van der Waals surface area contributed by atoms with Crippen LogP contribution in [-0.4, -0.2) is 32.2 Å². The summed E-state index contributed by atoms with van der Waals surface area (Å²) in [5.41, 5.74) is 2.25. The number of nitrogens with zero attached hydrogens (tertiary/aromatic N) is 1. The second-order valence-electron chi connectivity index (χ2n) is 5.03. The average molecular weight is 247 g/mol. The Morgan fingerprint density at radius 2 is 2.17 bits per heavy atom. The van der Waals surface area contributed by atoms with E-state index in [1.165, 1.54) is 5.56 Å². The van der Waals surface area contributed by atoms with Crippen LogP contribution in [0.4, 0.5) is 10.5 Å². The maximum atomic E-state index is 12.0. The Morgan fingerprint density at radius 3 is 2.83 bits per heavy atom. The van der Waals surface area contributed by atoms with E-state index in [-0.39, 0.29) is 12.1 Å². The lowest BCUT2D eigenvalue weighted by atomic mass is 10.0. The number of carbonyl (C=O) groups excluding carboxylic acids is 1. The van der Waals surface area contributed by atoms with Crippen LogP contribution >= 0.6 is 0 Å². The molecule has 0 aromatic heterocycles. The molecule has 1 aromatic carbocycles. The fourth-order valence-corrected chi connectivity index (χ4v) is 2.39. The molecule has 2 rings (SSSR count). The summed E-state index contributed by atoms with van der Waals surface area (Å²) in [6.07, 6.45) is 0. The fraction of sp³-hybridized carbons (Fsp3) is 0.500. The van der Waals surface area contributed by atoms with E-state index in [0.29, 0.717) is 5.92 Å². The normalized spacial score (nSPS) is 19.4. The third-order valence-corrected chi connectivity index (χ3v) is 3.28. The first-order chi connectivity index (χ1) is 8.63. The number of likely N-dealkylation sites (N-methyl/N-ethyl adjacent to an activating group) is 1. The largest absolute Gasteiger partial charge is 0.332 e. The number of hydrogen-bond donors (Lipinski definition) is 2. The Labute approximate surface area is 108 Å². The maximum Gasteiger partial charge on any atom is 0.322 e. The summed E-state index contributed by atoms with van der Waals surface area (Å²) in [5.74, 6) is 0.414. The lowest BCUT2D eigenvalue weighted by molar-refractivity contribution is 0.250. The molecule has 4 nitrogen and oxygen atoms in total. The number of rotatable bonds is 4. The van der Waals surface area contributed by atoms with Crippen LogP contribution < -0.4 is 15.5 Å². The first kappa shape index (κ1) is 12.9. The van der Waals surface area contributed by atoms with Crippen molar-refractivity contribution in [2.45, 2.75) is 25.8 Å². The Kier molecular flexibility index (Phi) is 3.87. The molecular weight excluding hydrogens is 226 g/mol. The zero-order chi connectivity index (χ0) is 13.1. The molecule has 1 aromatic rings. The SMILES string of the molecule is CNCC1CN(c2ccccc2C(C)C)C(=O)N1. The van der Waals surface area contributed by atoms with Gasteiger partial charge in [0.15, 0.2) is 0 Å². The van der Waals surface area contributed by atoms with Crippen molar-refractivity contribution in [2.75, 3.05) is 25.0 Å². The van der Waals surface area contributed by atoms with E-state index in [0.717, 1.165) is 18.8 Å². The molecule has 1 unspecified atom stereocenters. The minimum atomic E-state index is 0.00310. The van der Waals surface area contributed by atoms with Gasteiger partial charge in [0.25, 0.3) is 0 Å². The first-order valence-electron chi connectivity index (χ1n) is 6.45. The van der Waals surface area contributed by atoms with E-state index in [1.54, 1.807) is 0 Å². The van der Waals surface area contributed by atoms with E-state index >= 15 is 0 Å². The minimum Gasteiger partial charge on any atom is -0.332 e. The molecule has 0 spiro atoms. The summed E-state index contributed by atoms with van der Waals surface area (Å²) in [4.78, 5) is 13.9. The Bertz CT molecular complexity index is 431. The highest BCUT2D eigenvalue weighted by Crippen LogP contribution is 2.28. The van der Waals surface area contributed by atoms with E-state index in [2.05, 4.69) is 30.5 Å². The van der Waals surface area contributed by atoms with E-state index < -0.39 is 0 Å². The van der Waals surface area contributed by atoms with Gasteiger partial charge in [0.1, 0.15) is 0 Å². The van der Waals surface area contributed by atoms with Crippen molar-refractivity contribution in [1.82, 2.24) is 10.6 Å². The van der Waals surface area contributed by atoms with E-state index in [4.69, 9.17) is 0 Å². The van der Waals surface area contributed by atoms with Crippen molar-refractivity contribution < 1.29 is 4.79 Å². The van der Waals surface area contributed by atoms with Gasteiger partial charge >= 0.3 is 6.03 Å². The van der Waals surface area contributed by atoms with Crippen molar-refractivity contribution in [3.05, 3.63) is 29.8 Å². The third kappa shape index (κ3) is 2.48. The van der Waals surface area contributed by atoms with Gasteiger partial charge < -0.3 is 10.6 Å². The molecule has 1 saturated heterocycles. The number of nitrogens with one attached hydrogen (secondary N) is 2. The summed E-state index contributed by atoms with van der Waals surface area (Å²) < 4.78 is 0. The summed E-state index contributed by atoms with van der Waals surface area (Å²) in [7, 11) is 1.90. The number of anilines is 1. The molecule has 98 valence electrons. The molecule has 0 saturated carbocycles. The second kappa shape index (κ2) is 5.40. The number of urea groups is 1. The third-order valence-electron chi connectivity index (χ3n) is 3.28. The van der Waals surface area contributed by atoms with Crippen LogP contribution in [0.15, 0.2) is 24.3 Å². The van der Waals surface area contributed by atoms with E-state index in [9.17, 15) is 4.79 Å². The Morgan fingerprint density at radius 1 is 1.44 bits per heavy atom. The van der Waals surface area contributed by atoms with Crippen LogP contribution in [0.25, 0.3) is 0 Å². The van der Waals surface area contributed by atoms with Crippen molar-refractivity contribution >= 4 is 11.7 Å². The van der Waals surface area contributed by atoms with Crippen molar-refractivity contribution in [3.8, 4) is 0 Å². The maximum absolute atomic E-state index is 12.0. The van der Waals surface area contributed by atoms with Gasteiger partial charge in [-0.15, -0.1) is 0 Å². The Hall–Kier alpha value is -1.55. The smallest absolute Gasteiger partial charge is 0.322 e. The number of para-hydroxylation sites is 1. The van der Waals surface area contributed by atoms with Crippen LogP contribution in [0, 0.1) is 0 Å². The van der Waals surface area contributed by atoms with Crippen molar-refractivity contribution in [1.29, 1.82) is 0 Å². The molecular formula is C14H21N3O. The predicted octanol–water partition coefficient (Wildman–Crippen LogP) is 1.93. The molecule has 1 aliphatic rings. The molecule has 0 bridgehead atoms. The van der Waals surface area contributed by atoms with Gasteiger partial charge in [0.2, 0.25) is 0 Å². The van der Waals surface area contributed by atoms with Gasteiger partial charge in [-0.25, -0.2) is 4.79 Å². The van der Waals surface area contributed by atoms with Gasteiger partial charge in [0, 0.05) is 18.8 Å². The van der Waals surface area contributed by atoms with Crippen molar-refractivity contribution in [3.63, 3.8) is 0 Å². The molecule has 1 aliphatic heterocycles. The summed E-state index contributed by atoms with van der Waals surface area (Å²) in [6.45, 7) is 5.82. The minimum absolute atomic E-state index is 0.00310. The predicted molar refractivity (Wildman–Crippen MR) is 74.1 cm³/mol. The van der Waals surface area contributed by atoms with Crippen LogP contribution in [0.2, 0.25) is 0 Å². The standard InChI is InChI=1S/C14H21N3O/c1-10(2)12-6-4-5-7-13(12)17-9-11(8-15-3)16-14(17)18/h4-7,10-11,15H,8-9H2,1-3H3,(H,16,18). The van der Waals surface area contributed by atoms with Crippen LogP contribution in [-0.2, 0) is 0 Å². The van der Waals surface area contributed by atoms with Crippen LogP contribution in [0.5, 0.6) is 0 Å². The monoisotopic (exact) mass is 247 g/mol. The highest BCUT2D eigenvalue weighted by atomic mass is 16.2. The van der Waals surface area contributed by atoms with Gasteiger partial charge in [-0.05, 0) is 24.6 Å². The zero-order valence-corrected chi connectivity index (χ0v) is 11.2. The first-order valence-corrected chi connectivity index (χ1v) is 6.45. The summed E-state index contributed by atoms with van der Waals surface area (Å²) >= 11 is 0. The lowest BCUT2D eigenvalue weighted by Crippen LogP contribution is -2.35. The lowest BCUT2D eigenvalue weighted by Gasteiger charge is -2.20. The molecule has 0 aliphatic carbocycles. The number of hydrogen-bond acceptors (Lipinski definition) is 2. The molecule has 0 radical (unpaired) electrons. The van der Waals surface area contributed by atoms with Crippen LogP contribution in [0.1, 0.15) is 25.3 Å². The fourth-order valence-electron chi connectivity index (χ4n) is 2.39. The highest BCUT2D eigenvalue weighted by molar-refractivity contribution is 5.95. The molecule has 2 N–H and O–H groups in total. The molecule has 1 atom stereocenters. The quantitative estimate of drug-likeness (QED) is 0.854. The van der Waals surface area contributed by atoms with Gasteiger partial charge in [-0.2, -0.15) is 0 Å². The van der Waals surface area contributed by atoms with Gasteiger partial charge in [0.05, 0.1) is 6.04 Å². The van der Waals surface area contributed by atoms with E-state index in [1.807, 2.05) is 30.1 Å². The molecule has 4 heteroatoms. The Balaban J connectivity index is 2.24. The zero-order valence-electron chi connectivity index (χ0n) is 11.2.